The van der Waals surface area contributed by atoms with Crippen molar-refractivity contribution in [2.75, 3.05) is 28.0 Å². The highest BCUT2D eigenvalue weighted by atomic mass is 35.5. The van der Waals surface area contributed by atoms with Crippen LogP contribution in [0.25, 0.3) is 22.3 Å². The van der Waals surface area contributed by atoms with E-state index in [1.807, 2.05) is 20.2 Å². The minimum absolute atomic E-state index is 0.0307. The number of ether oxygens (including phenoxy) is 2. The molecule has 3 rings (SSSR count). The monoisotopic (exact) mass is 393 g/mol. The van der Waals surface area contributed by atoms with Crippen LogP contribution in [0.15, 0.2) is 29.4 Å². The fourth-order valence-corrected chi connectivity index (χ4v) is 2.89. The van der Waals surface area contributed by atoms with Crippen LogP contribution in [0.3, 0.4) is 0 Å². The summed E-state index contributed by atoms with van der Waals surface area (Å²) in [5.74, 6) is 0.663. The normalized spacial score (nSPS) is 11.4. The van der Waals surface area contributed by atoms with Crippen LogP contribution in [0.1, 0.15) is 0 Å². The van der Waals surface area contributed by atoms with E-state index < -0.39 is 0 Å². The van der Waals surface area contributed by atoms with Crippen LogP contribution >= 0.6 is 23.2 Å². The number of methoxy groups -OCH3 is 1. The first-order valence-corrected chi connectivity index (χ1v) is 8.42. The number of aliphatic imine (C=N–C) groups is 1. The number of nitrogens with zero attached hydrogens (tertiary/aromatic N) is 4. The number of hydrogen-bond donors (Lipinski definition) is 1. The summed E-state index contributed by atoms with van der Waals surface area (Å²) < 4.78 is 10.4. The van der Waals surface area contributed by atoms with Crippen molar-refractivity contribution in [1.29, 1.82) is 0 Å². The fourth-order valence-electron chi connectivity index (χ4n) is 2.32. The third-order valence-corrected chi connectivity index (χ3v) is 4.10. The Kier molecular flexibility index (Phi) is 5.61. The average Bonchev–Trinajstić information content (AvgIpc) is 3.08. The van der Waals surface area contributed by atoms with Crippen LogP contribution in [0.5, 0.6) is 5.75 Å². The van der Waals surface area contributed by atoms with Gasteiger partial charge in [-0.1, -0.05) is 23.2 Å². The molecular weight excluding hydrogens is 377 g/mol. The number of aromatic nitrogens is 3. The highest BCUT2D eigenvalue weighted by molar-refractivity contribution is 6.39. The second-order valence-corrected chi connectivity index (χ2v) is 6.39. The van der Waals surface area contributed by atoms with Gasteiger partial charge in [-0.25, -0.2) is 15.0 Å². The molecular formula is C17H17Cl2N5O2. The van der Waals surface area contributed by atoms with Crippen LogP contribution < -0.4 is 4.74 Å². The second-order valence-electron chi connectivity index (χ2n) is 5.61. The van der Waals surface area contributed by atoms with E-state index in [0.29, 0.717) is 33.0 Å². The van der Waals surface area contributed by atoms with E-state index in [-0.39, 0.29) is 6.79 Å². The quantitative estimate of drug-likeness (QED) is 0.387. The van der Waals surface area contributed by atoms with Crippen LogP contribution in [0.4, 0.5) is 5.95 Å². The number of rotatable bonds is 6. The molecule has 0 aliphatic heterocycles. The molecule has 2 aromatic heterocycles. The Bertz CT molecular complexity index is 956. The zero-order valence-electron chi connectivity index (χ0n) is 14.5. The van der Waals surface area contributed by atoms with E-state index >= 15 is 0 Å². The van der Waals surface area contributed by atoms with E-state index in [2.05, 4.69) is 19.9 Å². The maximum absolute atomic E-state index is 6.55. The smallest absolute Gasteiger partial charge is 0.252 e. The highest BCUT2D eigenvalue weighted by Crippen LogP contribution is 2.41. The summed E-state index contributed by atoms with van der Waals surface area (Å²) >= 11 is 12.7. The number of nitrogens with one attached hydrogen (secondary N) is 1. The van der Waals surface area contributed by atoms with Gasteiger partial charge in [0.25, 0.3) is 5.95 Å². The zero-order chi connectivity index (χ0) is 18.7. The molecule has 9 heteroatoms. The first-order chi connectivity index (χ1) is 12.5. The van der Waals surface area contributed by atoms with Crippen molar-refractivity contribution in [1.82, 2.24) is 19.9 Å². The SMILES string of the molecule is COCOc1c(Cl)ccc(-c2nc(N=CN(C)C)nc3cc[nH]c23)c1Cl. The summed E-state index contributed by atoms with van der Waals surface area (Å²) in [7, 11) is 5.26. The Balaban J connectivity index is 2.17. The standard InChI is InChI=1S/C17H17Cl2N5O2/c1-24(2)8-21-17-22-12-6-7-20-15(12)14(23-17)10-4-5-11(18)16(13(10)19)26-9-25-3/h4-8,20H,9H2,1-3H3. The first-order valence-electron chi connectivity index (χ1n) is 7.67. The molecule has 0 radical (unpaired) electrons. The van der Waals surface area contributed by atoms with Crippen molar-refractivity contribution in [3.63, 3.8) is 0 Å². The van der Waals surface area contributed by atoms with E-state index in [1.165, 1.54) is 7.11 Å². The summed E-state index contributed by atoms with van der Waals surface area (Å²) in [4.78, 5) is 18.2. The predicted molar refractivity (Wildman–Crippen MR) is 104 cm³/mol. The summed E-state index contributed by atoms with van der Waals surface area (Å²) in [6.07, 6.45) is 3.42. The summed E-state index contributed by atoms with van der Waals surface area (Å²) in [5.41, 5.74) is 2.73. The topological polar surface area (TPSA) is 75.6 Å². The highest BCUT2D eigenvalue weighted by Gasteiger charge is 2.18. The van der Waals surface area contributed by atoms with Gasteiger partial charge >= 0.3 is 0 Å². The van der Waals surface area contributed by atoms with Crippen molar-refractivity contribution >= 4 is 46.5 Å². The van der Waals surface area contributed by atoms with Crippen molar-refractivity contribution < 1.29 is 9.47 Å². The molecule has 0 amide bonds. The van der Waals surface area contributed by atoms with Crippen LogP contribution in [-0.2, 0) is 4.74 Å². The van der Waals surface area contributed by atoms with Crippen molar-refractivity contribution in [3.8, 4) is 17.0 Å². The van der Waals surface area contributed by atoms with Gasteiger partial charge < -0.3 is 19.4 Å². The summed E-state index contributed by atoms with van der Waals surface area (Å²) in [5, 5.41) is 0.727. The molecule has 1 aromatic carbocycles. The molecule has 0 aliphatic carbocycles. The molecule has 0 saturated heterocycles. The van der Waals surface area contributed by atoms with Crippen molar-refractivity contribution in [2.24, 2.45) is 4.99 Å². The van der Waals surface area contributed by atoms with Gasteiger partial charge in [0, 0.05) is 33.0 Å². The van der Waals surface area contributed by atoms with Gasteiger partial charge in [0.2, 0.25) is 0 Å². The van der Waals surface area contributed by atoms with E-state index in [0.717, 1.165) is 11.0 Å². The molecule has 0 aliphatic rings. The largest absolute Gasteiger partial charge is 0.464 e. The van der Waals surface area contributed by atoms with Crippen molar-refractivity contribution in [2.45, 2.75) is 0 Å². The van der Waals surface area contributed by atoms with Crippen LogP contribution in [0, 0.1) is 0 Å². The lowest BCUT2D eigenvalue weighted by molar-refractivity contribution is 0.0513. The Morgan fingerprint density at radius 3 is 2.77 bits per heavy atom. The van der Waals surface area contributed by atoms with Gasteiger partial charge in [-0.05, 0) is 18.2 Å². The van der Waals surface area contributed by atoms with Gasteiger partial charge in [-0.15, -0.1) is 0 Å². The number of fused-ring (bicyclic) bond motifs is 1. The Morgan fingerprint density at radius 2 is 2.04 bits per heavy atom. The van der Waals surface area contributed by atoms with E-state index in [4.69, 9.17) is 32.7 Å². The third-order valence-electron chi connectivity index (χ3n) is 3.42. The van der Waals surface area contributed by atoms with E-state index in [9.17, 15) is 0 Å². The predicted octanol–water partition coefficient (Wildman–Crippen LogP) is 4.14. The lowest BCUT2D eigenvalue weighted by atomic mass is 10.1. The minimum Gasteiger partial charge on any atom is -0.464 e. The third kappa shape index (κ3) is 3.75. The zero-order valence-corrected chi connectivity index (χ0v) is 16.0. The number of H-pyrrole nitrogens is 1. The van der Waals surface area contributed by atoms with Gasteiger partial charge in [0.15, 0.2) is 12.5 Å². The van der Waals surface area contributed by atoms with Gasteiger partial charge in [0.05, 0.1) is 27.4 Å². The molecule has 0 fully saturated rings. The summed E-state index contributed by atoms with van der Waals surface area (Å²) in [6, 6.07) is 5.33. The van der Waals surface area contributed by atoms with Gasteiger partial charge in [-0.3, -0.25) is 0 Å². The van der Waals surface area contributed by atoms with E-state index in [1.54, 1.807) is 29.6 Å². The number of hydrogen-bond acceptors (Lipinski definition) is 5. The molecule has 0 unspecified atom stereocenters. The molecule has 1 N–H and O–H groups in total. The molecule has 0 saturated carbocycles. The first kappa shape index (κ1) is 18.4. The maximum Gasteiger partial charge on any atom is 0.252 e. The molecule has 26 heavy (non-hydrogen) atoms. The fraction of sp³-hybridized carbons (Fsp3) is 0.235. The number of benzene rings is 1. The van der Waals surface area contributed by atoms with Crippen molar-refractivity contribution in [3.05, 3.63) is 34.4 Å². The van der Waals surface area contributed by atoms with Gasteiger partial charge in [-0.2, -0.15) is 0 Å². The lowest BCUT2D eigenvalue weighted by Gasteiger charge is -2.13. The Hall–Kier alpha value is -2.35. The second kappa shape index (κ2) is 7.90. The average molecular weight is 394 g/mol. The Morgan fingerprint density at radius 1 is 1.23 bits per heavy atom. The number of halogens is 2. The number of aromatic amines is 1. The van der Waals surface area contributed by atoms with Gasteiger partial charge in [0.1, 0.15) is 5.69 Å². The molecule has 3 aromatic rings. The molecule has 7 nitrogen and oxygen atoms in total. The summed E-state index contributed by atoms with van der Waals surface area (Å²) in [6.45, 7) is 0.0307. The molecule has 136 valence electrons. The van der Waals surface area contributed by atoms with Crippen LogP contribution in [0.2, 0.25) is 10.0 Å². The Labute approximate surface area is 160 Å². The minimum atomic E-state index is 0.0307. The molecule has 0 spiro atoms. The lowest BCUT2D eigenvalue weighted by Crippen LogP contribution is -2.07. The maximum atomic E-state index is 6.55. The molecule has 2 heterocycles. The molecule has 0 bridgehead atoms. The molecule has 0 atom stereocenters. The van der Waals surface area contributed by atoms with Crippen LogP contribution in [-0.4, -0.2) is 54.2 Å².